The number of methoxy groups -OCH3 is 3. The number of hydrogen-bond donors (Lipinski definition) is 0. The molecule has 2 aromatic rings. The summed E-state index contributed by atoms with van der Waals surface area (Å²) in [4.78, 5) is 13.8. The van der Waals surface area contributed by atoms with E-state index in [1.165, 1.54) is 21.3 Å². The van der Waals surface area contributed by atoms with Gasteiger partial charge >= 0.3 is 0 Å². The van der Waals surface area contributed by atoms with Crippen LogP contribution >= 0.6 is 8.58 Å². The first-order chi connectivity index (χ1) is 18.7. The first-order valence-electron chi connectivity index (χ1n) is 12.8. The van der Waals surface area contributed by atoms with Crippen molar-refractivity contribution < 1.29 is 47.4 Å². The molecule has 10 nitrogen and oxygen atoms in total. The molecule has 2 rings (SSSR count). The molecule has 0 fully saturated rings. The summed E-state index contributed by atoms with van der Waals surface area (Å²) in [6.07, 6.45) is -1.72. The molecule has 0 aliphatic carbocycles. The fourth-order valence-electron chi connectivity index (χ4n) is 3.70. The largest absolute Gasteiger partial charge is 0.496 e. The van der Waals surface area contributed by atoms with Crippen molar-refractivity contribution in [3.05, 3.63) is 29.8 Å². The van der Waals surface area contributed by atoms with E-state index in [2.05, 4.69) is 0 Å². The summed E-state index contributed by atoms with van der Waals surface area (Å²) < 4.78 is 51.4. The van der Waals surface area contributed by atoms with Crippen molar-refractivity contribution in [2.24, 2.45) is 0 Å². The Labute approximate surface area is 232 Å². The molecule has 39 heavy (non-hydrogen) atoms. The third kappa shape index (κ3) is 9.42. The monoisotopic (exact) mass is 568 g/mol. The molecule has 0 aliphatic heterocycles. The summed E-state index contributed by atoms with van der Waals surface area (Å²) in [7, 11) is 4.05. The highest BCUT2D eigenvalue weighted by Crippen LogP contribution is 2.41. The van der Waals surface area contributed by atoms with Gasteiger partial charge < -0.3 is 42.6 Å². The SMILES string of the molecule is CCOC(C)Oc1cc(OC(C)OCC)c(PC(=O)c2c(OC)cc(OC)cc2OC)c(OC(C)OCC)c1. The van der Waals surface area contributed by atoms with Crippen molar-refractivity contribution in [1.29, 1.82) is 0 Å². The predicted octanol–water partition coefficient (Wildman–Crippen LogP) is 5.14. The molecule has 0 aromatic heterocycles. The number of benzene rings is 2. The van der Waals surface area contributed by atoms with E-state index < -0.39 is 27.5 Å². The van der Waals surface area contributed by atoms with Crippen molar-refractivity contribution in [1.82, 2.24) is 0 Å². The zero-order valence-electron chi connectivity index (χ0n) is 24.2. The maximum Gasteiger partial charge on any atom is 0.197 e. The van der Waals surface area contributed by atoms with Crippen LogP contribution in [-0.2, 0) is 14.2 Å². The Morgan fingerprint density at radius 1 is 0.641 bits per heavy atom. The van der Waals surface area contributed by atoms with Crippen LogP contribution in [0.25, 0.3) is 0 Å². The molecular formula is C28H41O10P. The second kappa shape index (κ2) is 16.4. The van der Waals surface area contributed by atoms with Gasteiger partial charge in [-0.2, -0.15) is 0 Å². The summed E-state index contributed by atoms with van der Waals surface area (Å²) in [5.74, 6) is 2.32. The first kappa shape index (κ1) is 32.4. The molecule has 2 aromatic carbocycles. The van der Waals surface area contributed by atoms with Gasteiger partial charge in [-0.25, -0.2) is 0 Å². The van der Waals surface area contributed by atoms with Gasteiger partial charge in [-0.15, -0.1) is 0 Å². The zero-order chi connectivity index (χ0) is 28.9. The Hall–Kier alpha value is -2.78. The highest BCUT2D eigenvalue weighted by molar-refractivity contribution is 7.66. The fraction of sp³-hybridized carbons (Fsp3) is 0.536. The topological polar surface area (TPSA) is 100 Å². The smallest absolute Gasteiger partial charge is 0.197 e. The lowest BCUT2D eigenvalue weighted by atomic mass is 10.2. The highest BCUT2D eigenvalue weighted by atomic mass is 31.1. The van der Waals surface area contributed by atoms with E-state index in [0.717, 1.165) is 0 Å². The van der Waals surface area contributed by atoms with Crippen molar-refractivity contribution in [3.8, 4) is 34.5 Å². The van der Waals surface area contributed by atoms with Crippen LogP contribution in [0.2, 0.25) is 0 Å². The Morgan fingerprint density at radius 2 is 1.05 bits per heavy atom. The summed E-state index contributed by atoms with van der Waals surface area (Å²) in [5, 5.41) is 0.509. The van der Waals surface area contributed by atoms with Crippen LogP contribution in [-0.4, -0.2) is 65.5 Å². The van der Waals surface area contributed by atoms with Gasteiger partial charge in [0.1, 0.15) is 40.1 Å². The van der Waals surface area contributed by atoms with Crippen molar-refractivity contribution in [2.45, 2.75) is 60.4 Å². The van der Waals surface area contributed by atoms with Crippen molar-refractivity contribution >= 4 is 19.4 Å². The van der Waals surface area contributed by atoms with Gasteiger partial charge in [0.05, 0.1) is 26.6 Å². The van der Waals surface area contributed by atoms with E-state index in [0.29, 0.717) is 59.6 Å². The van der Waals surface area contributed by atoms with Crippen LogP contribution in [0, 0.1) is 0 Å². The van der Waals surface area contributed by atoms with Crippen LogP contribution in [0.1, 0.15) is 51.9 Å². The van der Waals surface area contributed by atoms with Crippen LogP contribution < -0.4 is 33.7 Å². The van der Waals surface area contributed by atoms with Crippen LogP contribution in [0.5, 0.6) is 34.5 Å². The Morgan fingerprint density at radius 3 is 1.44 bits per heavy atom. The lowest BCUT2D eigenvalue weighted by Gasteiger charge is -2.24. The molecule has 0 heterocycles. The van der Waals surface area contributed by atoms with Gasteiger partial charge in [0.15, 0.2) is 24.4 Å². The molecular weight excluding hydrogens is 527 g/mol. The Kier molecular flexibility index (Phi) is 13.6. The summed E-state index contributed by atoms with van der Waals surface area (Å²) in [6.45, 7) is 12.3. The molecule has 0 amide bonds. The molecule has 11 heteroatoms. The second-order valence-electron chi connectivity index (χ2n) is 8.08. The van der Waals surface area contributed by atoms with E-state index in [1.807, 2.05) is 20.8 Å². The summed E-state index contributed by atoms with van der Waals surface area (Å²) >= 11 is 0. The third-order valence-corrected chi connectivity index (χ3v) is 6.53. The van der Waals surface area contributed by atoms with Crippen molar-refractivity contribution in [3.63, 3.8) is 0 Å². The third-order valence-electron chi connectivity index (χ3n) is 5.31. The molecule has 0 N–H and O–H groups in total. The van der Waals surface area contributed by atoms with E-state index in [4.69, 9.17) is 42.6 Å². The highest BCUT2D eigenvalue weighted by Gasteiger charge is 2.26. The minimum atomic E-state index is -0.601. The van der Waals surface area contributed by atoms with E-state index in [-0.39, 0.29) is 11.1 Å². The van der Waals surface area contributed by atoms with Crippen LogP contribution in [0.15, 0.2) is 24.3 Å². The summed E-state index contributed by atoms with van der Waals surface area (Å²) in [6, 6.07) is 6.66. The normalized spacial score (nSPS) is 13.6. The molecule has 0 spiro atoms. The van der Waals surface area contributed by atoms with Crippen molar-refractivity contribution in [2.75, 3.05) is 41.2 Å². The molecule has 4 unspecified atom stereocenters. The number of hydrogen-bond acceptors (Lipinski definition) is 10. The molecule has 0 saturated heterocycles. The summed E-state index contributed by atoms with van der Waals surface area (Å²) in [5.41, 5.74) is 0.0163. The lowest BCUT2D eigenvalue weighted by molar-refractivity contribution is -0.0678. The molecule has 0 saturated carbocycles. The number of carbonyl (C=O) groups is 1. The Balaban J connectivity index is 2.65. The van der Waals surface area contributed by atoms with Gasteiger partial charge in [-0.1, -0.05) is 0 Å². The molecule has 0 bridgehead atoms. The fourth-order valence-corrected chi connectivity index (χ4v) is 4.81. The standard InChI is InChI=1S/C28H41O10P/c1-10-33-17(4)36-21-15-24(37-18(5)34-11-2)27(25(16-21)38-19(6)35-12-3)39-28(29)26-22(31-8)13-20(30-7)14-23(26)32-9/h13-19,39H,10-12H2,1-9H3. The minimum absolute atomic E-state index is 0.259. The maximum atomic E-state index is 13.8. The van der Waals surface area contributed by atoms with E-state index in [1.54, 1.807) is 45.0 Å². The lowest BCUT2D eigenvalue weighted by Crippen LogP contribution is -2.24. The van der Waals surface area contributed by atoms with Crippen LogP contribution in [0.4, 0.5) is 0 Å². The average molecular weight is 569 g/mol. The maximum absolute atomic E-state index is 13.8. The molecule has 218 valence electrons. The second-order valence-corrected chi connectivity index (χ2v) is 9.28. The van der Waals surface area contributed by atoms with E-state index >= 15 is 0 Å². The molecule has 0 aliphatic rings. The quantitative estimate of drug-likeness (QED) is 0.178. The zero-order valence-corrected chi connectivity index (χ0v) is 25.2. The number of ether oxygens (including phenoxy) is 9. The van der Waals surface area contributed by atoms with Crippen LogP contribution in [0.3, 0.4) is 0 Å². The predicted molar refractivity (Wildman–Crippen MR) is 150 cm³/mol. The van der Waals surface area contributed by atoms with Gasteiger partial charge in [-0.05, 0) is 50.1 Å². The minimum Gasteiger partial charge on any atom is -0.496 e. The van der Waals surface area contributed by atoms with Gasteiger partial charge in [0, 0.05) is 44.1 Å². The Bertz CT molecular complexity index is 1000. The molecule has 4 atom stereocenters. The average Bonchev–Trinajstić information content (AvgIpc) is 2.89. The van der Waals surface area contributed by atoms with Gasteiger partial charge in [0.25, 0.3) is 0 Å². The number of carbonyl (C=O) groups excluding carboxylic acids is 1. The number of rotatable bonds is 18. The van der Waals surface area contributed by atoms with E-state index in [9.17, 15) is 4.79 Å². The molecule has 0 radical (unpaired) electrons. The first-order valence-corrected chi connectivity index (χ1v) is 13.8. The van der Waals surface area contributed by atoms with Gasteiger partial charge in [0.2, 0.25) is 0 Å². The van der Waals surface area contributed by atoms with Gasteiger partial charge in [-0.3, -0.25) is 4.79 Å².